The number of morpholine rings is 1. The second-order valence-electron chi connectivity index (χ2n) is 6.54. The molecule has 0 unspecified atom stereocenters. The summed E-state index contributed by atoms with van der Waals surface area (Å²) < 4.78 is 5.67. The van der Waals surface area contributed by atoms with Gasteiger partial charge in [-0.3, -0.25) is 0 Å². The number of carbonyl (C=O) groups is 1. The van der Waals surface area contributed by atoms with E-state index < -0.39 is 0 Å². The molecule has 2 aliphatic heterocycles. The molecule has 3 heterocycles. The van der Waals surface area contributed by atoms with E-state index in [9.17, 15) is 4.79 Å². The number of hydrogen-bond donors (Lipinski definition) is 1. The maximum Gasteiger partial charge on any atom is 0.317 e. The van der Waals surface area contributed by atoms with Crippen LogP contribution in [0.1, 0.15) is 32.3 Å². The summed E-state index contributed by atoms with van der Waals surface area (Å²) in [6.07, 6.45) is 4.47. The Morgan fingerprint density at radius 3 is 2.70 bits per heavy atom. The van der Waals surface area contributed by atoms with Crippen molar-refractivity contribution in [1.29, 1.82) is 0 Å². The lowest BCUT2D eigenvalue weighted by atomic mass is 10.2. The highest BCUT2D eigenvalue weighted by Gasteiger charge is 2.25. The van der Waals surface area contributed by atoms with Gasteiger partial charge in [-0.05, 0) is 44.4 Å². The molecule has 6 heteroatoms. The van der Waals surface area contributed by atoms with Crippen LogP contribution in [0.4, 0.5) is 10.6 Å². The molecule has 0 radical (unpaired) electrons. The van der Waals surface area contributed by atoms with E-state index in [-0.39, 0.29) is 18.2 Å². The summed E-state index contributed by atoms with van der Waals surface area (Å²) >= 11 is 0. The highest BCUT2D eigenvalue weighted by atomic mass is 16.5. The monoisotopic (exact) mass is 318 g/mol. The Bertz CT molecular complexity index is 535. The fraction of sp³-hybridized carbons (Fsp3) is 0.647. The molecule has 126 valence electrons. The van der Waals surface area contributed by atoms with Crippen molar-refractivity contribution in [2.45, 2.75) is 45.4 Å². The number of nitrogens with one attached hydrogen (secondary N) is 1. The van der Waals surface area contributed by atoms with Crippen LogP contribution in [0.5, 0.6) is 0 Å². The summed E-state index contributed by atoms with van der Waals surface area (Å²) in [7, 11) is 0. The van der Waals surface area contributed by atoms with Gasteiger partial charge in [0.1, 0.15) is 5.82 Å². The van der Waals surface area contributed by atoms with Gasteiger partial charge in [-0.2, -0.15) is 0 Å². The summed E-state index contributed by atoms with van der Waals surface area (Å²) in [6, 6.07) is 4.02. The van der Waals surface area contributed by atoms with Crippen LogP contribution in [0.3, 0.4) is 0 Å². The lowest BCUT2D eigenvalue weighted by Gasteiger charge is -2.35. The molecule has 2 saturated heterocycles. The summed E-state index contributed by atoms with van der Waals surface area (Å²) in [5, 5.41) is 3.01. The Balaban J connectivity index is 1.55. The van der Waals surface area contributed by atoms with Crippen LogP contribution >= 0.6 is 0 Å². The quantitative estimate of drug-likeness (QED) is 0.926. The third kappa shape index (κ3) is 4.13. The molecule has 23 heavy (non-hydrogen) atoms. The van der Waals surface area contributed by atoms with Crippen molar-refractivity contribution in [2.24, 2.45) is 0 Å². The van der Waals surface area contributed by atoms with Gasteiger partial charge in [-0.15, -0.1) is 0 Å². The van der Waals surface area contributed by atoms with Crippen molar-refractivity contribution in [2.75, 3.05) is 31.1 Å². The van der Waals surface area contributed by atoms with Gasteiger partial charge >= 0.3 is 6.03 Å². The van der Waals surface area contributed by atoms with Gasteiger partial charge in [0, 0.05) is 38.9 Å². The SMILES string of the molecule is C[C@@H]1CN(C(=O)NCc2ccnc(N3CCCC3)c2)C[C@@H](C)O1. The zero-order valence-electron chi connectivity index (χ0n) is 14.0. The number of nitrogens with zero attached hydrogens (tertiary/aromatic N) is 3. The van der Waals surface area contributed by atoms with Crippen molar-refractivity contribution in [3.63, 3.8) is 0 Å². The predicted molar refractivity (Wildman–Crippen MR) is 89.5 cm³/mol. The van der Waals surface area contributed by atoms with E-state index in [2.05, 4.69) is 21.3 Å². The van der Waals surface area contributed by atoms with Crippen LogP contribution in [-0.2, 0) is 11.3 Å². The Labute approximate surface area is 137 Å². The minimum atomic E-state index is -0.0217. The fourth-order valence-corrected chi connectivity index (χ4v) is 3.32. The van der Waals surface area contributed by atoms with E-state index >= 15 is 0 Å². The Kier molecular flexibility index (Phi) is 5.00. The summed E-state index contributed by atoms with van der Waals surface area (Å²) in [6.45, 7) is 7.97. The lowest BCUT2D eigenvalue weighted by Crippen LogP contribution is -2.51. The zero-order valence-corrected chi connectivity index (χ0v) is 14.0. The highest BCUT2D eigenvalue weighted by Crippen LogP contribution is 2.18. The Morgan fingerprint density at radius 1 is 1.30 bits per heavy atom. The van der Waals surface area contributed by atoms with Crippen LogP contribution in [0, 0.1) is 0 Å². The number of ether oxygens (including phenoxy) is 1. The third-order valence-corrected chi connectivity index (χ3v) is 4.39. The first-order valence-corrected chi connectivity index (χ1v) is 8.50. The van der Waals surface area contributed by atoms with E-state index in [0.717, 1.165) is 24.5 Å². The van der Waals surface area contributed by atoms with Crippen molar-refractivity contribution >= 4 is 11.8 Å². The first kappa shape index (κ1) is 16.1. The molecule has 0 saturated carbocycles. The van der Waals surface area contributed by atoms with Crippen molar-refractivity contribution in [1.82, 2.24) is 15.2 Å². The van der Waals surface area contributed by atoms with Gasteiger partial charge in [0.25, 0.3) is 0 Å². The zero-order chi connectivity index (χ0) is 16.2. The van der Waals surface area contributed by atoms with E-state index in [1.54, 1.807) is 0 Å². The van der Waals surface area contributed by atoms with Crippen LogP contribution < -0.4 is 10.2 Å². The molecule has 6 nitrogen and oxygen atoms in total. The number of rotatable bonds is 3. The Hall–Kier alpha value is -1.82. The molecule has 2 aliphatic rings. The lowest BCUT2D eigenvalue weighted by molar-refractivity contribution is -0.0545. The average Bonchev–Trinajstić information content (AvgIpc) is 3.06. The van der Waals surface area contributed by atoms with Crippen molar-refractivity contribution in [3.8, 4) is 0 Å². The third-order valence-electron chi connectivity index (χ3n) is 4.39. The number of carbonyl (C=O) groups excluding carboxylic acids is 1. The second-order valence-corrected chi connectivity index (χ2v) is 6.54. The van der Waals surface area contributed by atoms with E-state index in [1.807, 2.05) is 31.0 Å². The topological polar surface area (TPSA) is 57.7 Å². The number of pyridine rings is 1. The minimum Gasteiger partial charge on any atom is -0.372 e. The number of urea groups is 1. The van der Waals surface area contributed by atoms with Gasteiger partial charge in [0.15, 0.2) is 0 Å². The summed E-state index contributed by atoms with van der Waals surface area (Å²) in [5.41, 5.74) is 1.09. The molecule has 1 N–H and O–H groups in total. The van der Waals surface area contributed by atoms with E-state index in [0.29, 0.717) is 19.6 Å². The van der Waals surface area contributed by atoms with Gasteiger partial charge in [0.05, 0.1) is 12.2 Å². The maximum atomic E-state index is 12.3. The summed E-state index contributed by atoms with van der Waals surface area (Å²) in [5.74, 6) is 1.02. The molecule has 0 spiro atoms. The first-order valence-electron chi connectivity index (χ1n) is 8.50. The largest absolute Gasteiger partial charge is 0.372 e. The maximum absolute atomic E-state index is 12.3. The Morgan fingerprint density at radius 2 is 2.00 bits per heavy atom. The second kappa shape index (κ2) is 7.17. The molecule has 3 rings (SSSR count). The molecule has 0 aliphatic carbocycles. The van der Waals surface area contributed by atoms with E-state index in [1.165, 1.54) is 12.8 Å². The predicted octanol–water partition coefficient (Wildman–Crippen LogP) is 2.00. The van der Waals surface area contributed by atoms with Crippen LogP contribution in [0.25, 0.3) is 0 Å². The van der Waals surface area contributed by atoms with Gasteiger partial charge in [-0.25, -0.2) is 9.78 Å². The summed E-state index contributed by atoms with van der Waals surface area (Å²) in [4.78, 5) is 20.9. The minimum absolute atomic E-state index is 0.0217. The van der Waals surface area contributed by atoms with Crippen LogP contribution in [0.2, 0.25) is 0 Å². The molecule has 0 aromatic carbocycles. The normalized spacial score (nSPS) is 24.8. The molecular weight excluding hydrogens is 292 g/mol. The van der Waals surface area contributed by atoms with Crippen LogP contribution in [-0.4, -0.2) is 54.3 Å². The average molecular weight is 318 g/mol. The number of aromatic nitrogens is 1. The molecule has 2 amide bonds. The van der Waals surface area contributed by atoms with Gasteiger partial charge in [-0.1, -0.05) is 0 Å². The van der Waals surface area contributed by atoms with Crippen molar-refractivity contribution < 1.29 is 9.53 Å². The molecule has 1 aromatic rings. The number of hydrogen-bond acceptors (Lipinski definition) is 4. The number of amides is 2. The first-order chi connectivity index (χ1) is 11.1. The van der Waals surface area contributed by atoms with Crippen LogP contribution in [0.15, 0.2) is 18.3 Å². The highest BCUT2D eigenvalue weighted by molar-refractivity contribution is 5.74. The molecular formula is C17H26N4O2. The number of anilines is 1. The molecule has 2 atom stereocenters. The smallest absolute Gasteiger partial charge is 0.317 e. The molecule has 2 fully saturated rings. The van der Waals surface area contributed by atoms with Gasteiger partial charge in [0.2, 0.25) is 0 Å². The molecule has 1 aromatic heterocycles. The standard InChI is InChI=1S/C17H26N4O2/c1-13-11-21(12-14(2)23-13)17(22)19-10-15-5-6-18-16(9-15)20-7-3-4-8-20/h5-6,9,13-14H,3-4,7-8,10-12H2,1-2H3,(H,19,22)/t13-,14-/m1/s1. The van der Waals surface area contributed by atoms with Crippen molar-refractivity contribution in [3.05, 3.63) is 23.9 Å². The van der Waals surface area contributed by atoms with E-state index in [4.69, 9.17) is 4.74 Å². The fourth-order valence-electron chi connectivity index (χ4n) is 3.32. The van der Waals surface area contributed by atoms with Gasteiger partial charge < -0.3 is 19.9 Å². The molecule has 0 bridgehead atoms.